The molecule has 0 radical (unpaired) electrons. The smallest absolute Gasteiger partial charge is 0.137 e. The van der Waals surface area contributed by atoms with E-state index in [2.05, 4.69) is 50.1 Å². The zero-order valence-corrected chi connectivity index (χ0v) is 16.5. The van der Waals surface area contributed by atoms with Gasteiger partial charge in [0.2, 0.25) is 0 Å². The molecule has 2 nitrogen and oxygen atoms in total. The van der Waals surface area contributed by atoms with Gasteiger partial charge in [-0.05, 0) is 80.8 Å². The molecule has 4 rings (SSSR count). The van der Waals surface area contributed by atoms with Gasteiger partial charge in [-0.3, -0.25) is 0 Å². The molecular formula is C20H20Br2O2. The van der Waals surface area contributed by atoms with E-state index in [9.17, 15) is 5.11 Å². The molecule has 126 valence electrons. The Bertz CT molecular complexity index is 759. The number of phenols is 1. The summed E-state index contributed by atoms with van der Waals surface area (Å²) < 4.78 is 8.30. The van der Waals surface area contributed by atoms with Crippen molar-refractivity contribution in [3.63, 3.8) is 0 Å². The van der Waals surface area contributed by atoms with Crippen molar-refractivity contribution in [3.8, 4) is 11.5 Å². The molecular weight excluding hydrogens is 432 g/mol. The molecule has 0 bridgehead atoms. The van der Waals surface area contributed by atoms with Crippen molar-refractivity contribution in [3.05, 3.63) is 56.5 Å². The summed E-state index contributed by atoms with van der Waals surface area (Å²) in [6.45, 7) is 0. The lowest BCUT2D eigenvalue weighted by Crippen LogP contribution is -2.43. The Morgan fingerprint density at radius 2 is 1.83 bits per heavy atom. The van der Waals surface area contributed by atoms with Crippen molar-refractivity contribution in [1.29, 1.82) is 0 Å². The summed E-state index contributed by atoms with van der Waals surface area (Å²) in [4.78, 5) is 0. The maximum atomic E-state index is 10.3. The standard InChI is InChI=1S/C20H20Br2O2/c21-16-8-2-4-12(18(16)23)10-13-5-1-6-14-11-15-7-3-9-17(22)20(15)24-19(13)14/h2-4,7-9,13-14,19,23H,1,5-6,10-11H2/t13-,14-,19-/m1/s1. The van der Waals surface area contributed by atoms with E-state index in [4.69, 9.17) is 4.74 Å². The number of aromatic hydroxyl groups is 1. The molecule has 1 saturated carbocycles. The monoisotopic (exact) mass is 450 g/mol. The Morgan fingerprint density at radius 1 is 1.04 bits per heavy atom. The minimum absolute atomic E-state index is 0.239. The predicted molar refractivity (Wildman–Crippen MR) is 103 cm³/mol. The van der Waals surface area contributed by atoms with E-state index in [0.29, 0.717) is 17.6 Å². The maximum absolute atomic E-state index is 10.3. The molecule has 1 heterocycles. The van der Waals surface area contributed by atoms with E-state index >= 15 is 0 Å². The highest BCUT2D eigenvalue weighted by Gasteiger charge is 2.39. The summed E-state index contributed by atoms with van der Waals surface area (Å²) in [5.41, 5.74) is 2.33. The van der Waals surface area contributed by atoms with Crippen LogP contribution in [-0.2, 0) is 12.8 Å². The summed E-state index contributed by atoms with van der Waals surface area (Å²) in [7, 11) is 0. The number of hydrogen-bond donors (Lipinski definition) is 1. The van der Waals surface area contributed by atoms with Crippen LogP contribution in [0.5, 0.6) is 11.5 Å². The van der Waals surface area contributed by atoms with E-state index in [-0.39, 0.29) is 6.10 Å². The van der Waals surface area contributed by atoms with Gasteiger partial charge in [0.25, 0.3) is 0 Å². The van der Waals surface area contributed by atoms with Gasteiger partial charge in [0, 0.05) is 11.8 Å². The van der Waals surface area contributed by atoms with Crippen molar-refractivity contribution >= 4 is 31.9 Å². The zero-order valence-electron chi connectivity index (χ0n) is 13.3. The van der Waals surface area contributed by atoms with Crippen LogP contribution in [0.4, 0.5) is 0 Å². The molecule has 0 saturated heterocycles. The number of benzene rings is 2. The Labute approximate surface area is 159 Å². The fourth-order valence-corrected chi connectivity index (χ4v) is 5.16. The van der Waals surface area contributed by atoms with E-state index < -0.39 is 0 Å². The number of fused-ring (bicyclic) bond motifs is 2. The van der Waals surface area contributed by atoms with Crippen LogP contribution < -0.4 is 4.74 Å². The van der Waals surface area contributed by atoms with Crippen molar-refractivity contribution < 1.29 is 9.84 Å². The molecule has 2 aromatic carbocycles. The molecule has 1 aliphatic carbocycles. The van der Waals surface area contributed by atoms with Crippen molar-refractivity contribution in [1.82, 2.24) is 0 Å². The second-order valence-electron chi connectivity index (χ2n) is 6.92. The Morgan fingerprint density at radius 3 is 2.71 bits per heavy atom. The molecule has 1 aliphatic heterocycles. The molecule has 0 amide bonds. The van der Waals surface area contributed by atoms with Gasteiger partial charge in [0.15, 0.2) is 0 Å². The summed E-state index contributed by atoms with van der Waals surface area (Å²) in [5, 5.41) is 10.3. The van der Waals surface area contributed by atoms with Gasteiger partial charge in [-0.1, -0.05) is 30.7 Å². The minimum atomic E-state index is 0.239. The third-order valence-corrected chi connectivity index (χ3v) is 6.68. The Hall–Kier alpha value is -1.00. The van der Waals surface area contributed by atoms with Crippen molar-refractivity contribution in [2.75, 3.05) is 0 Å². The first-order valence-electron chi connectivity index (χ1n) is 8.54. The summed E-state index contributed by atoms with van der Waals surface area (Å²) >= 11 is 7.06. The van der Waals surface area contributed by atoms with Gasteiger partial charge in [-0.2, -0.15) is 0 Å². The normalized spacial score (nSPS) is 25.5. The summed E-state index contributed by atoms with van der Waals surface area (Å²) in [6, 6.07) is 12.2. The zero-order chi connectivity index (χ0) is 16.7. The third-order valence-electron chi connectivity index (χ3n) is 5.42. The second kappa shape index (κ2) is 6.72. The van der Waals surface area contributed by atoms with Crippen LogP contribution in [0.2, 0.25) is 0 Å². The number of phenolic OH excluding ortho intramolecular Hbond substituents is 1. The third kappa shape index (κ3) is 2.99. The van der Waals surface area contributed by atoms with Crippen LogP contribution in [0.25, 0.3) is 0 Å². The molecule has 1 N–H and O–H groups in total. The number of hydrogen-bond acceptors (Lipinski definition) is 2. The fraction of sp³-hybridized carbons (Fsp3) is 0.400. The summed E-state index contributed by atoms with van der Waals surface area (Å²) in [5.74, 6) is 2.42. The van der Waals surface area contributed by atoms with Gasteiger partial charge in [0.05, 0.1) is 8.95 Å². The highest BCUT2D eigenvalue weighted by Crippen LogP contribution is 2.45. The molecule has 0 aromatic heterocycles. The molecule has 2 aliphatic rings. The predicted octanol–water partition coefficient (Wildman–Crippen LogP) is 5.88. The number of para-hydroxylation sites is 2. The Kier molecular flexibility index (Phi) is 4.61. The lowest BCUT2D eigenvalue weighted by Gasteiger charge is -2.42. The molecule has 0 spiro atoms. The van der Waals surface area contributed by atoms with Gasteiger partial charge in [-0.25, -0.2) is 0 Å². The molecule has 3 atom stereocenters. The lowest BCUT2D eigenvalue weighted by atomic mass is 9.72. The highest BCUT2D eigenvalue weighted by atomic mass is 79.9. The van der Waals surface area contributed by atoms with Crippen LogP contribution in [0.3, 0.4) is 0 Å². The summed E-state index contributed by atoms with van der Waals surface area (Å²) in [6.07, 6.45) is 5.84. The van der Waals surface area contributed by atoms with E-state index in [1.165, 1.54) is 18.4 Å². The minimum Gasteiger partial charge on any atom is -0.506 e. The SMILES string of the molecule is Oc1c(Br)cccc1C[C@H]1CCC[C@@H]2Cc3cccc(Br)c3O[C@H]12. The van der Waals surface area contributed by atoms with Crippen LogP contribution in [-0.4, -0.2) is 11.2 Å². The molecule has 2 aromatic rings. The van der Waals surface area contributed by atoms with Crippen LogP contribution in [0, 0.1) is 11.8 Å². The molecule has 24 heavy (non-hydrogen) atoms. The van der Waals surface area contributed by atoms with E-state index in [1.807, 2.05) is 18.2 Å². The molecule has 0 unspecified atom stereocenters. The second-order valence-corrected chi connectivity index (χ2v) is 8.63. The number of ether oxygens (including phenoxy) is 1. The van der Waals surface area contributed by atoms with Gasteiger partial charge >= 0.3 is 0 Å². The van der Waals surface area contributed by atoms with Crippen LogP contribution >= 0.6 is 31.9 Å². The van der Waals surface area contributed by atoms with E-state index in [0.717, 1.165) is 39.5 Å². The van der Waals surface area contributed by atoms with Crippen molar-refractivity contribution in [2.24, 2.45) is 11.8 Å². The van der Waals surface area contributed by atoms with Crippen LogP contribution in [0.1, 0.15) is 30.4 Å². The average molecular weight is 452 g/mol. The quantitative estimate of drug-likeness (QED) is 0.617. The highest BCUT2D eigenvalue weighted by molar-refractivity contribution is 9.10. The Balaban J connectivity index is 1.61. The first-order valence-corrected chi connectivity index (χ1v) is 10.1. The topological polar surface area (TPSA) is 29.5 Å². The van der Waals surface area contributed by atoms with Gasteiger partial charge in [0.1, 0.15) is 17.6 Å². The fourth-order valence-electron chi connectivity index (χ4n) is 4.26. The van der Waals surface area contributed by atoms with E-state index in [1.54, 1.807) is 0 Å². The number of rotatable bonds is 2. The lowest BCUT2D eigenvalue weighted by molar-refractivity contribution is 0.0237. The molecule has 4 heteroatoms. The van der Waals surface area contributed by atoms with Gasteiger partial charge in [-0.15, -0.1) is 0 Å². The van der Waals surface area contributed by atoms with Crippen molar-refractivity contribution in [2.45, 2.75) is 38.2 Å². The molecule has 1 fully saturated rings. The van der Waals surface area contributed by atoms with Gasteiger partial charge < -0.3 is 9.84 Å². The average Bonchev–Trinajstić information content (AvgIpc) is 2.58. The maximum Gasteiger partial charge on any atom is 0.137 e. The number of halogens is 2. The first-order chi connectivity index (χ1) is 11.6. The first kappa shape index (κ1) is 16.5. The van der Waals surface area contributed by atoms with Crippen LogP contribution in [0.15, 0.2) is 45.3 Å². The largest absolute Gasteiger partial charge is 0.506 e.